The summed E-state index contributed by atoms with van der Waals surface area (Å²) in [6.07, 6.45) is 7.78. The highest BCUT2D eigenvalue weighted by molar-refractivity contribution is 7.09. The average Bonchev–Trinajstić information content (AvgIpc) is 2.92. The summed E-state index contributed by atoms with van der Waals surface area (Å²) < 4.78 is 0. The lowest BCUT2D eigenvalue weighted by Crippen LogP contribution is -2.43. The Labute approximate surface area is 131 Å². The van der Waals surface area contributed by atoms with Crippen molar-refractivity contribution < 1.29 is 5.11 Å². The number of aromatic nitrogens is 1. The standard InChI is InChI=1S/C15H25ClN2OS/c1-18(13-6-2-3-7-14(13)19)9-5-4-8-15-17-12(10-16)11-20-15/h11,13-14,19H,2-10H2,1H3. The number of likely N-dealkylation sites (N-methyl/N-ethyl adjacent to an activating group) is 1. The first-order valence-electron chi connectivity index (χ1n) is 7.58. The van der Waals surface area contributed by atoms with Gasteiger partial charge in [-0.3, -0.25) is 0 Å². The maximum atomic E-state index is 10.0. The Morgan fingerprint density at radius 3 is 2.90 bits per heavy atom. The largest absolute Gasteiger partial charge is 0.391 e. The Morgan fingerprint density at radius 1 is 1.40 bits per heavy atom. The number of aliphatic hydroxyl groups excluding tert-OH is 1. The fourth-order valence-corrected chi connectivity index (χ4v) is 4.00. The van der Waals surface area contributed by atoms with Crippen molar-refractivity contribution in [3.05, 3.63) is 16.1 Å². The van der Waals surface area contributed by atoms with E-state index in [4.69, 9.17) is 11.6 Å². The number of hydrogen-bond donors (Lipinski definition) is 1. The molecule has 3 nitrogen and oxygen atoms in total. The molecule has 0 saturated heterocycles. The smallest absolute Gasteiger partial charge is 0.0928 e. The first-order valence-corrected chi connectivity index (χ1v) is 8.99. The van der Waals surface area contributed by atoms with E-state index in [0.717, 1.165) is 44.3 Å². The summed E-state index contributed by atoms with van der Waals surface area (Å²) in [4.78, 5) is 6.82. The number of aliphatic hydroxyl groups is 1. The maximum Gasteiger partial charge on any atom is 0.0928 e. The number of unbranched alkanes of at least 4 members (excludes halogenated alkanes) is 1. The van der Waals surface area contributed by atoms with E-state index in [2.05, 4.69) is 16.9 Å². The van der Waals surface area contributed by atoms with Crippen molar-refractivity contribution in [1.82, 2.24) is 9.88 Å². The highest BCUT2D eigenvalue weighted by Crippen LogP contribution is 2.22. The fourth-order valence-electron chi connectivity index (χ4n) is 2.93. The summed E-state index contributed by atoms with van der Waals surface area (Å²) in [5.74, 6) is 0.513. The molecule has 0 amide bonds. The van der Waals surface area contributed by atoms with Crippen LogP contribution in [-0.2, 0) is 12.3 Å². The lowest BCUT2D eigenvalue weighted by molar-refractivity contribution is 0.0316. The van der Waals surface area contributed by atoms with Crippen LogP contribution in [0.25, 0.3) is 0 Å². The van der Waals surface area contributed by atoms with Crippen LogP contribution in [0.15, 0.2) is 5.38 Å². The van der Waals surface area contributed by atoms with Crippen LogP contribution in [0, 0.1) is 0 Å². The van der Waals surface area contributed by atoms with Crippen molar-refractivity contribution in [1.29, 1.82) is 0 Å². The second-order valence-electron chi connectivity index (χ2n) is 5.72. The van der Waals surface area contributed by atoms with Crippen LogP contribution in [0.2, 0.25) is 0 Å². The minimum Gasteiger partial charge on any atom is -0.391 e. The molecule has 1 aromatic heterocycles. The van der Waals surface area contributed by atoms with E-state index in [-0.39, 0.29) is 6.10 Å². The van der Waals surface area contributed by atoms with Crippen molar-refractivity contribution in [3.63, 3.8) is 0 Å². The summed E-state index contributed by atoms with van der Waals surface area (Å²) in [7, 11) is 2.15. The molecule has 5 heteroatoms. The Hall–Kier alpha value is -0.160. The third-order valence-corrected chi connectivity index (χ3v) is 5.38. The fraction of sp³-hybridized carbons (Fsp3) is 0.800. The summed E-state index contributed by atoms with van der Waals surface area (Å²) >= 11 is 7.47. The van der Waals surface area contributed by atoms with Crippen LogP contribution >= 0.6 is 22.9 Å². The van der Waals surface area contributed by atoms with Crippen molar-refractivity contribution >= 4 is 22.9 Å². The minimum absolute atomic E-state index is 0.126. The van der Waals surface area contributed by atoms with Gasteiger partial charge in [0.15, 0.2) is 0 Å². The first-order chi connectivity index (χ1) is 9.70. The molecular formula is C15H25ClN2OS. The maximum absolute atomic E-state index is 10.0. The van der Waals surface area contributed by atoms with Crippen molar-refractivity contribution in [2.75, 3.05) is 13.6 Å². The molecule has 2 unspecified atom stereocenters. The lowest BCUT2D eigenvalue weighted by Gasteiger charge is -2.35. The van der Waals surface area contributed by atoms with E-state index in [9.17, 15) is 5.11 Å². The van der Waals surface area contributed by atoms with E-state index < -0.39 is 0 Å². The zero-order valence-electron chi connectivity index (χ0n) is 12.2. The SMILES string of the molecule is CN(CCCCc1nc(CCl)cs1)C1CCCCC1O. The molecule has 0 aromatic carbocycles. The van der Waals surface area contributed by atoms with Crippen LogP contribution in [0.5, 0.6) is 0 Å². The van der Waals surface area contributed by atoms with Crippen LogP contribution < -0.4 is 0 Å². The second-order valence-corrected chi connectivity index (χ2v) is 6.93. The predicted octanol–water partition coefficient (Wildman–Crippen LogP) is 3.44. The highest BCUT2D eigenvalue weighted by atomic mass is 35.5. The molecule has 1 heterocycles. The third kappa shape index (κ3) is 4.69. The van der Waals surface area contributed by atoms with Crippen molar-refractivity contribution in [2.45, 2.75) is 63.0 Å². The van der Waals surface area contributed by atoms with Gasteiger partial charge in [0.25, 0.3) is 0 Å². The highest BCUT2D eigenvalue weighted by Gasteiger charge is 2.25. The quantitative estimate of drug-likeness (QED) is 0.618. The van der Waals surface area contributed by atoms with E-state index in [1.54, 1.807) is 11.3 Å². The summed E-state index contributed by atoms with van der Waals surface area (Å²) in [5, 5.41) is 13.3. The van der Waals surface area contributed by atoms with Gasteiger partial charge in [-0.25, -0.2) is 4.98 Å². The van der Waals surface area contributed by atoms with E-state index in [1.165, 1.54) is 17.8 Å². The van der Waals surface area contributed by atoms with Gasteiger partial charge in [-0.2, -0.15) is 0 Å². The zero-order chi connectivity index (χ0) is 14.4. The molecule has 0 bridgehead atoms. The Bertz CT molecular complexity index is 399. The first kappa shape index (κ1) is 16.2. The minimum atomic E-state index is -0.126. The Balaban J connectivity index is 1.64. The van der Waals surface area contributed by atoms with Crippen LogP contribution in [0.1, 0.15) is 49.2 Å². The predicted molar refractivity (Wildman–Crippen MR) is 85.5 cm³/mol. The molecule has 1 aromatic rings. The van der Waals surface area contributed by atoms with Gasteiger partial charge in [-0.05, 0) is 45.7 Å². The van der Waals surface area contributed by atoms with Gasteiger partial charge in [0.1, 0.15) is 0 Å². The monoisotopic (exact) mass is 316 g/mol. The average molecular weight is 317 g/mol. The molecular weight excluding hydrogens is 292 g/mol. The number of nitrogens with zero attached hydrogens (tertiary/aromatic N) is 2. The topological polar surface area (TPSA) is 36.4 Å². The number of alkyl halides is 1. The zero-order valence-corrected chi connectivity index (χ0v) is 13.8. The Kier molecular flexibility index (Phi) is 6.75. The molecule has 2 atom stereocenters. The molecule has 1 aliphatic rings. The molecule has 2 rings (SSSR count). The number of aryl methyl sites for hydroxylation is 1. The molecule has 114 valence electrons. The van der Waals surface area contributed by atoms with Crippen LogP contribution in [-0.4, -0.2) is 40.7 Å². The summed E-state index contributed by atoms with van der Waals surface area (Å²) in [5.41, 5.74) is 0.995. The molecule has 0 aliphatic heterocycles. The third-order valence-electron chi connectivity index (χ3n) is 4.15. The van der Waals surface area contributed by atoms with E-state index in [1.807, 2.05) is 5.38 Å². The summed E-state index contributed by atoms with van der Waals surface area (Å²) in [6.45, 7) is 1.06. The van der Waals surface area contributed by atoms with Crippen molar-refractivity contribution in [2.24, 2.45) is 0 Å². The van der Waals surface area contributed by atoms with Gasteiger partial charge in [0.2, 0.25) is 0 Å². The molecule has 20 heavy (non-hydrogen) atoms. The number of thiazole rings is 1. The van der Waals surface area contributed by atoms with Gasteiger partial charge in [-0.15, -0.1) is 22.9 Å². The number of hydrogen-bond acceptors (Lipinski definition) is 4. The van der Waals surface area contributed by atoms with Gasteiger partial charge in [-0.1, -0.05) is 12.8 Å². The molecule has 1 fully saturated rings. The molecule has 1 N–H and O–H groups in total. The molecule has 0 radical (unpaired) electrons. The Morgan fingerprint density at radius 2 is 2.20 bits per heavy atom. The van der Waals surface area contributed by atoms with Crippen LogP contribution in [0.4, 0.5) is 0 Å². The van der Waals surface area contributed by atoms with E-state index in [0.29, 0.717) is 11.9 Å². The molecule has 1 saturated carbocycles. The summed E-state index contributed by atoms with van der Waals surface area (Å²) in [6, 6.07) is 0.367. The van der Waals surface area contributed by atoms with Gasteiger partial charge in [0.05, 0.1) is 22.7 Å². The number of rotatable bonds is 7. The van der Waals surface area contributed by atoms with Crippen LogP contribution in [0.3, 0.4) is 0 Å². The van der Waals surface area contributed by atoms with Crippen molar-refractivity contribution in [3.8, 4) is 0 Å². The normalized spacial score (nSPS) is 23.4. The van der Waals surface area contributed by atoms with Gasteiger partial charge >= 0.3 is 0 Å². The lowest BCUT2D eigenvalue weighted by atomic mass is 9.91. The van der Waals surface area contributed by atoms with Gasteiger partial charge < -0.3 is 10.0 Å². The van der Waals surface area contributed by atoms with Gasteiger partial charge in [0, 0.05) is 11.4 Å². The van der Waals surface area contributed by atoms with E-state index >= 15 is 0 Å². The molecule has 1 aliphatic carbocycles. The second kappa shape index (κ2) is 8.32. The molecule has 0 spiro atoms. The number of halogens is 1.